The number of aromatic amines is 1. The van der Waals surface area contributed by atoms with E-state index < -0.39 is 0 Å². The second kappa shape index (κ2) is 5.95. The van der Waals surface area contributed by atoms with E-state index in [1.807, 2.05) is 18.2 Å². The van der Waals surface area contributed by atoms with E-state index >= 15 is 0 Å². The summed E-state index contributed by atoms with van der Waals surface area (Å²) in [5.41, 5.74) is 0.682. The highest BCUT2D eigenvalue weighted by Crippen LogP contribution is 2.26. The molecule has 0 bridgehead atoms. The van der Waals surface area contributed by atoms with Gasteiger partial charge in [-0.05, 0) is 38.9 Å². The molecule has 2 N–H and O–H groups in total. The van der Waals surface area contributed by atoms with Crippen LogP contribution in [-0.2, 0) is 6.54 Å². The predicted molar refractivity (Wildman–Crippen MR) is 84.3 cm³/mol. The van der Waals surface area contributed by atoms with Gasteiger partial charge in [-0.25, -0.2) is 4.98 Å². The van der Waals surface area contributed by atoms with Crippen LogP contribution in [0.5, 0.6) is 0 Å². The van der Waals surface area contributed by atoms with Crippen LogP contribution in [0.15, 0.2) is 29.1 Å². The molecule has 0 aliphatic heterocycles. The average Bonchev–Trinajstić information content (AvgIpc) is 3.31. The summed E-state index contributed by atoms with van der Waals surface area (Å²) < 4.78 is 0. The fourth-order valence-electron chi connectivity index (χ4n) is 2.60. The maximum Gasteiger partial charge on any atom is 0.258 e. The molecular weight excluding hydrogens is 264 g/mol. The Morgan fingerprint density at radius 1 is 1.43 bits per heavy atom. The second-order valence-electron chi connectivity index (χ2n) is 5.91. The summed E-state index contributed by atoms with van der Waals surface area (Å²) in [5.74, 6) is 0.694. The van der Waals surface area contributed by atoms with E-state index in [0.717, 1.165) is 18.1 Å². The molecule has 0 saturated heterocycles. The van der Waals surface area contributed by atoms with E-state index in [0.29, 0.717) is 23.8 Å². The van der Waals surface area contributed by atoms with Gasteiger partial charge in [0.2, 0.25) is 0 Å². The molecular formula is C16H22N4O. The zero-order valence-electron chi connectivity index (χ0n) is 12.6. The zero-order chi connectivity index (χ0) is 14.8. The molecule has 1 heterocycles. The minimum Gasteiger partial charge on any atom is -0.309 e. The lowest BCUT2D eigenvalue weighted by Gasteiger charge is -2.24. The van der Waals surface area contributed by atoms with Crippen LogP contribution in [0.3, 0.4) is 0 Å². The first-order valence-corrected chi connectivity index (χ1v) is 7.56. The molecule has 1 aliphatic carbocycles. The quantitative estimate of drug-likeness (QED) is 0.845. The molecule has 0 spiro atoms. The zero-order valence-corrected chi connectivity index (χ0v) is 12.6. The molecule has 1 unspecified atom stereocenters. The standard InChI is InChI=1S/C16H22N4O/c1-11(20(2)12-7-8-12)9-17-10-15-18-14-6-4-3-5-13(14)16(21)19-15/h3-6,11-12,17H,7-10H2,1-2H3,(H,18,19,21). The number of likely N-dealkylation sites (N-methyl/N-ethyl adjacent to an activating group) is 1. The lowest BCUT2D eigenvalue weighted by Crippen LogP contribution is -2.39. The molecule has 3 rings (SSSR count). The molecule has 1 aliphatic rings. The Labute approximate surface area is 124 Å². The van der Waals surface area contributed by atoms with Crippen molar-refractivity contribution in [2.45, 2.75) is 38.4 Å². The summed E-state index contributed by atoms with van der Waals surface area (Å²) in [6.07, 6.45) is 2.64. The first-order valence-electron chi connectivity index (χ1n) is 7.56. The van der Waals surface area contributed by atoms with Crippen LogP contribution in [0, 0.1) is 0 Å². The van der Waals surface area contributed by atoms with Gasteiger partial charge in [-0.1, -0.05) is 12.1 Å². The maximum atomic E-state index is 12.0. The summed E-state index contributed by atoms with van der Waals surface area (Å²) in [4.78, 5) is 21.7. The summed E-state index contributed by atoms with van der Waals surface area (Å²) in [5, 5.41) is 4.02. The summed E-state index contributed by atoms with van der Waals surface area (Å²) >= 11 is 0. The molecule has 5 nitrogen and oxygen atoms in total. The Hall–Kier alpha value is -1.72. The predicted octanol–water partition coefficient (Wildman–Crippen LogP) is 1.50. The molecule has 21 heavy (non-hydrogen) atoms. The molecule has 1 atom stereocenters. The number of fused-ring (bicyclic) bond motifs is 1. The Kier molecular flexibility index (Phi) is 4.03. The van der Waals surface area contributed by atoms with E-state index in [4.69, 9.17) is 0 Å². The number of nitrogens with zero attached hydrogens (tertiary/aromatic N) is 2. The van der Waals surface area contributed by atoms with E-state index in [-0.39, 0.29) is 5.56 Å². The van der Waals surface area contributed by atoms with Gasteiger partial charge in [-0.2, -0.15) is 0 Å². The van der Waals surface area contributed by atoms with Crippen molar-refractivity contribution in [2.75, 3.05) is 13.6 Å². The van der Waals surface area contributed by atoms with E-state index in [2.05, 4.69) is 34.2 Å². The Morgan fingerprint density at radius 3 is 2.95 bits per heavy atom. The number of rotatable bonds is 6. The molecule has 1 aromatic heterocycles. The third-order valence-corrected chi connectivity index (χ3v) is 4.21. The molecule has 1 fully saturated rings. The average molecular weight is 286 g/mol. The fraction of sp³-hybridized carbons (Fsp3) is 0.500. The Bertz CT molecular complexity index is 677. The smallest absolute Gasteiger partial charge is 0.258 e. The normalized spacial score (nSPS) is 16.5. The topological polar surface area (TPSA) is 61.0 Å². The third kappa shape index (κ3) is 3.31. The van der Waals surface area contributed by atoms with Crippen LogP contribution >= 0.6 is 0 Å². The van der Waals surface area contributed by atoms with Crippen molar-refractivity contribution >= 4 is 10.9 Å². The van der Waals surface area contributed by atoms with Gasteiger partial charge < -0.3 is 10.3 Å². The van der Waals surface area contributed by atoms with Gasteiger partial charge in [0, 0.05) is 18.6 Å². The third-order valence-electron chi connectivity index (χ3n) is 4.21. The van der Waals surface area contributed by atoms with Crippen molar-refractivity contribution in [3.63, 3.8) is 0 Å². The van der Waals surface area contributed by atoms with E-state index in [9.17, 15) is 4.79 Å². The van der Waals surface area contributed by atoms with Crippen molar-refractivity contribution < 1.29 is 0 Å². The van der Waals surface area contributed by atoms with Gasteiger partial charge in [0.05, 0.1) is 17.4 Å². The molecule has 5 heteroatoms. The minimum atomic E-state index is -0.0689. The molecule has 1 saturated carbocycles. The Morgan fingerprint density at radius 2 is 2.19 bits per heavy atom. The fourth-order valence-corrected chi connectivity index (χ4v) is 2.60. The molecule has 0 radical (unpaired) electrons. The van der Waals surface area contributed by atoms with Crippen molar-refractivity contribution in [2.24, 2.45) is 0 Å². The van der Waals surface area contributed by atoms with Crippen molar-refractivity contribution in [3.8, 4) is 0 Å². The lowest BCUT2D eigenvalue weighted by molar-refractivity contribution is 0.240. The van der Waals surface area contributed by atoms with Crippen LogP contribution in [0.25, 0.3) is 10.9 Å². The summed E-state index contributed by atoms with van der Waals surface area (Å²) in [6, 6.07) is 8.68. The lowest BCUT2D eigenvalue weighted by atomic mass is 10.2. The maximum absolute atomic E-state index is 12.0. The SMILES string of the molecule is CC(CNCc1nc2ccccc2c(=O)[nH]1)N(C)C1CC1. The highest BCUT2D eigenvalue weighted by Gasteiger charge is 2.28. The Balaban J connectivity index is 1.61. The number of hydrogen-bond donors (Lipinski definition) is 2. The van der Waals surface area contributed by atoms with Crippen molar-refractivity contribution in [1.82, 2.24) is 20.2 Å². The molecule has 2 aromatic rings. The number of H-pyrrole nitrogens is 1. The van der Waals surface area contributed by atoms with Crippen LogP contribution in [-0.4, -0.2) is 40.5 Å². The number of hydrogen-bond acceptors (Lipinski definition) is 4. The highest BCUT2D eigenvalue weighted by molar-refractivity contribution is 5.77. The molecule has 1 aromatic carbocycles. The van der Waals surface area contributed by atoms with Gasteiger partial charge in [0.1, 0.15) is 5.82 Å². The molecule has 0 amide bonds. The number of para-hydroxylation sites is 1. The van der Waals surface area contributed by atoms with Crippen LogP contribution in [0.2, 0.25) is 0 Å². The first kappa shape index (κ1) is 14.2. The number of benzene rings is 1. The van der Waals surface area contributed by atoms with Crippen LogP contribution < -0.4 is 10.9 Å². The van der Waals surface area contributed by atoms with Gasteiger partial charge in [0.15, 0.2) is 0 Å². The van der Waals surface area contributed by atoms with Gasteiger partial charge in [-0.3, -0.25) is 9.69 Å². The van der Waals surface area contributed by atoms with Crippen molar-refractivity contribution in [1.29, 1.82) is 0 Å². The van der Waals surface area contributed by atoms with Crippen LogP contribution in [0.4, 0.5) is 0 Å². The monoisotopic (exact) mass is 286 g/mol. The molecule has 112 valence electrons. The summed E-state index contributed by atoms with van der Waals surface area (Å²) in [6.45, 7) is 3.70. The van der Waals surface area contributed by atoms with Crippen molar-refractivity contribution in [3.05, 3.63) is 40.4 Å². The van der Waals surface area contributed by atoms with Gasteiger partial charge in [-0.15, -0.1) is 0 Å². The van der Waals surface area contributed by atoms with Crippen LogP contribution in [0.1, 0.15) is 25.6 Å². The highest BCUT2D eigenvalue weighted by atomic mass is 16.1. The van der Waals surface area contributed by atoms with Gasteiger partial charge >= 0.3 is 0 Å². The minimum absolute atomic E-state index is 0.0689. The largest absolute Gasteiger partial charge is 0.309 e. The number of aromatic nitrogens is 2. The van der Waals surface area contributed by atoms with Gasteiger partial charge in [0.25, 0.3) is 5.56 Å². The van der Waals surface area contributed by atoms with E-state index in [1.54, 1.807) is 6.07 Å². The first-order chi connectivity index (χ1) is 10.1. The van der Waals surface area contributed by atoms with E-state index in [1.165, 1.54) is 12.8 Å². The second-order valence-corrected chi connectivity index (χ2v) is 5.91. The number of nitrogens with one attached hydrogen (secondary N) is 2. The summed E-state index contributed by atoms with van der Waals surface area (Å²) in [7, 11) is 2.18.